The molecule has 88 valence electrons. The SMILES string of the molecule is C=CCNC(C(=O)O)c1c[nH]c2ccccc12. The number of nitrogens with one attached hydrogen (secondary N) is 2. The van der Waals surface area contributed by atoms with Crippen LogP contribution in [0.25, 0.3) is 10.9 Å². The molecule has 1 atom stereocenters. The molecule has 0 aliphatic rings. The lowest BCUT2D eigenvalue weighted by molar-refractivity contribution is -0.139. The third-order valence-electron chi connectivity index (χ3n) is 2.65. The van der Waals surface area contributed by atoms with Gasteiger partial charge in [-0.2, -0.15) is 0 Å². The minimum atomic E-state index is -0.892. The van der Waals surface area contributed by atoms with E-state index in [-0.39, 0.29) is 0 Å². The first-order valence-corrected chi connectivity index (χ1v) is 5.37. The predicted molar refractivity (Wildman–Crippen MR) is 66.9 cm³/mol. The van der Waals surface area contributed by atoms with Crippen molar-refractivity contribution in [3.05, 3.63) is 48.7 Å². The molecule has 0 bridgehead atoms. The quantitative estimate of drug-likeness (QED) is 0.689. The summed E-state index contributed by atoms with van der Waals surface area (Å²) < 4.78 is 0. The topological polar surface area (TPSA) is 65.1 Å². The van der Waals surface area contributed by atoms with Crippen LogP contribution < -0.4 is 5.32 Å². The monoisotopic (exact) mass is 230 g/mol. The van der Waals surface area contributed by atoms with Crippen molar-refractivity contribution >= 4 is 16.9 Å². The van der Waals surface area contributed by atoms with Gasteiger partial charge in [0.05, 0.1) is 0 Å². The number of rotatable bonds is 5. The molecule has 1 heterocycles. The van der Waals surface area contributed by atoms with Gasteiger partial charge in [0.1, 0.15) is 6.04 Å². The number of carboxylic acids is 1. The molecule has 4 heteroatoms. The molecular weight excluding hydrogens is 216 g/mol. The summed E-state index contributed by atoms with van der Waals surface area (Å²) in [5, 5.41) is 13.1. The number of hydrogen-bond donors (Lipinski definition) is 3. The summed E-state index contributed by atoms with van der Waals surface area (Å²) in [6.07, 6.45) is 3.38. The second-order valence-electron chi connectivity index (χ2n) is 3.76. The van der Waals surface area contributed by atoms with Crippen LogP contribution in [0.4, 0.5) is 0 Å². The van der Waals surface area contributed by atoms with E-state index in [1.54, 1.807) is 12.3 Å². The lowest BCUT2D eigenvalue weighted by atomic mass is 10.1. The molecule has 1 aromatic heterocycles. The summed E-state index contributed by atoms with van der Waals surface area (Å²) in [7, 11) is 0. The first-order valence-electron chi connectivity index (χ1n) is 5.37. The highest BCUT2D eigenvalue weighted by Gasteiger charge is 2.21. The van der Waals surface area contributed by atoms with E-state index in [1.807, 2.05) is 24.3 Å². The molecule has 0 spiro atoms. The zero-order valence-electron chi connectivity index (χ0n) is 9.31. The standard InChI is InChI=1S/C13H14N2O2/c1-2-7-14-12(13(16)17)10-8-15-11-6-4-3-5-9(10)11/h2-6,8,12,14-15H,1,7H2,(H,16,17). The molecule has 3 N–H and O–H groups in total. The number of aromatic amines is 1. The van der Waals surface area contributed by atoms with Gasteiger partial charge in [0.25, 0.3) is 0 Å². The van der Waals surface area contributed by atoms with Crippen molar-refractivity contribution in [1.29, 1.82) is 0 Å². The summed E-state index contributed by atoms with van der Waals surface area (Å²) in [5.41, 5.74) is 1.68. The maximum absolute atomic E-state index is 11.2. The van der Waals surface area contributed by atoms with Crippen LogP contribution in [0.2, 0.25) is 0 Å². The van der Waals surface area contributed by atoms with Gasteiger partial charge in [-0.3, -0.25) is 10.1 Å². The Labute approximate surface area is 99.0 Å². The molecule has 1 unspecified atom stereocenters. The zero-order chi connectivity index (χ0) is 12.3. The van der Waals surface area contributed by atoms with Gasteiger partial charge in [-0.25, -0.2) is 0 Å². The first-order chi connectivity index (χ1) is 8.24. The maximum atomic E-state index is 11.2. The number of H-pyrrole nitrogens is 1. The Morgan fingerprint density at radius 1 is 1.53 bits per heavy atom. The molecule has 0 saturated carbocycles. The van der Waals surface area contributed by atoms with Crippen molar-refractivity contribution in [2.75, 3.05) is 6.54 Å². The van der Waals surface area contributed by atoms with Crippen LogP contribution in [0.15, 0.2) is 43.1 Å². The Bertz CT molecular complexity index is 545. The van der Waals surface area contributed by atoms with Gasteiger partial charge in [0, 0.05) is 29.2 Å². The summed E-state index contributed by atoms with van der Waals surface area (Å²) in [6.45, 7) is 4.03. The fraction of sp³-hybridized carbons (Fsp3) is 0.154. The Morgan fingerprint density at radius 2 is 2.29 bits per heavy atom. The van der Waals surface area contributed by atoms with Gasteiger partial charge in [-0.15, -0.1) is 6.58 Å². The molecule has 0 fully saturated rings. The second-order valence-corrected chi connectivity index (χ2v) is 3.76. The van der Waals surface area contributed by atoms with Crippen LogP contribution in [0.3, 0.4) is 0 Å². The first kappa shape index (κ1) is 11.4. The van der Waals surface area contributed by atoms with Crippen LogP contribution >= 0.6 is 0 Å². The van der Waals surface area contributed by atoms with Gasteiger partial charge < -0.3 is 10.1 Å². The van der Waals surface area contributed by atoms with E-state index in [0.29, 0.717) is 6.54 Å². The molecule has 0 aliphatic carbocycles. The van der Waals surface area contributed by atoms with Crippen molar-refractivity contribution in [3.8, 4) is 0 Å². The highest BCUT2D eigenvalue weighted by Crippen LogP contribution is 2.24. The third-order valence-corrected chi connectivity index (χ3v) is 2.65. The van der Waals surface area contributed by atoms with E-state index in [0.717, 1.165) is 16.5 Å². The molecule has 17 heavy (non-hydrogen) atoms. The van der Waals surface area contributed by atoms with Crippen molar-refractivity contribution in [2.45, 2.75) is 6.04 Å². The fourth-order valence-corrected chi connectivity index (χ4v) is 1.86. The fourth-order valence-electron chi connectivity index (χ4n) is 1.86. The van der Waals surface area contributed by atoms with Gasteiger partial charge >= 0.3 is 5.97 Å². The normalized spacial score (nSPS) is 12.5. The predicted octanol–water partition coefficient (Wildman–Crippen LogP) is 2.07. The van der Waals surface area contributed by atoms with E-state index < -0.39 is 12.0 Å². The second kappa shape index (κ2) is 4.84. The summed E-state index contributed by atoms with van der Waals surface area (Å²) >= 11 is 0. The van der Waals surface area contributed by atoms with Crippen LogP contribution in [-0.4, -0.2) is 22.6 Å². The summed E-state index contributed by atoms with van der Waals surface area (Å²) in [4.78, 5) is 14.3. The molecule has 2 rings (SSSR count). The number of carbonyl (C=O) groups is 1. The average molecular weight is 230 g/mol. The van der Waals surface area contributed by atoms with Crippen molar-refractivity contribution in [3.63, 3.8) is 0 Å². The number of fused-ring (bicyclic) bond motifs is 1. The third kappa shape index (κ3) is 2.21. The van der Waals surface area contributed by atoms with Crippen molar-refractivity contribution in [1.82, 2.24) is 10.3 Å². The number of benzene rings is 1. The summed E-state index contributed by atoms with van der Waals surface area (Å²) in [6, 6.07) is 6.92. The largest absolute Gasteiger partial charge is 0.480 e. The van der Waals surface area contributed by atoms with E-state index in [4.69, 9.17) is 0 Å². The number of carboxylic acid groups (broad SMARTS) is 1. The average Bonchev–Trinajstić information content (AvgIpc) is 2.73. The zero-order valence-corrected chi connectivity index (χ0v) is 9.31. The molecule has 2 aromatic rings. The Kier molecular flexibility index (Phi) is 3.25. The van der Waals surface area contributed by atoms with Crippen molar-refractivity contribution in [2.24, 2.45) is 0 Å². The van der Waals surface area contributed by atoms with Crippen LogP contribution in [0.5, 0.6) is 0 Å². The van der Waals surface area contributed by atoms with E-state index in [2.05, 4.69) is 16.9 Å². The van der Waals surface area contributed by atoms with Crippen molar-refractivity contribution < 1.29 is 9.90 Å². The number of aliphatic carboxylic acids is 1. The smallest absolute Gasteiger partial charge is 0.325 e. The molecule has 0 saturated heterocycles. The van der Waals surface area contributed by atoms with Crippen LogP contribution in [0, 0.1) is 0 Å². The number of hydrogen-bond acceptors (Lipinski definition) is 2. The molecule has 0 aliphatic heterocycles. The lowest BCUT2D eigenvalue weighted by Gasteiger charge is -2.12. The van der Waals surface area contributed by atoms with Gasteiger partial charge in [-0.05, 0) is 6.07 Å². The van der Waals surface area contributed by atoms with E-state index in [1.165, 1.54) is 0 Å². The van der Waals surface area contributed by atoms with Gasteiger partial charge in [0.15, 0.2) is 0 Å². The Balaban J connectivity index is 2.41. The Hall–Kier alpha value is -2.07. The molecule has 0 radical (unpaired) electrons. The van der Waals surface area contributed by atoms with Gasteiger partial charge in [-0.1, -0.05) is 24.3 Å². The highest BCUT2D eigenvalue weighted by atomic mass is 16.4. The number of para-hydroxylation sites is 1. The minimum absolute atomic E-state index is 0.455. The maximum Gasteiger partial charge on any atom is 0.325 e. The molecular formula is C13H14N2O2. The summed E-state index contributed by atoms with van der Waals surface area (Å²) in [5.74, 6) is -0.892. The number of aromatic nitrogens is 1. The minimum Gasteiger partial charge on any atom is -0.480 e. The van der Waals surface area contributed by atoms with Gasteiger partial charge in [0.2, 0.25) is 0 Å². The molecule has 4 nitrogen and oxygen atoms in total. The van der Waals surface area contributed by atoms with Crippen LogP contribution in [0.1, 0.15) is 11.6 Å². The van der Waals surface area contributed by atoms with Crippen LogP contribution in [-0.2, 0) is 4.79 Å². The Morgan fingerprint density at radius 3 is 3.00 bits per heavy atom. The molecule has 1 aromatic carbocycles. The lowest BCUT2D eigenvalue weighted by Crippen LogP contribution is -2.28. The highest BCUT2D eigenvalue weighted by molar-refractivity contribution is 5.89. The van der Waals surface area contributed by atoms with E-state index >= 15 is 0 Å². The molecule has 0 amide bonds. The van der Waals surface area contributed by atoms with E-state index in [9.17, 15) is 9.90 Å².